The van der Waals surface area contributed by atoms with Gasteiger partial charge in [0.25, 0.3) is 5.91 Å². The highest BCUT2D eigenvalue weighted by Gasteiger charge is 2.55. The van der Waals surface area contributed by atoms with Gasteiger partial charge in [-0.2, -0.15) is 13.2 Å². The van der Waals surface area contributed by atoms with Crippen LogP contribution >= 0.6 is 11.6 Å². The van der Waals surface area contributed by atoms with E-state index in [-0.39, 0.29) is 10.7 Å². The third kappa shape index (κ3) is 3.63. The van der Waals surface area contributed by atoms with E-state index in [1.807, 2.05) is 5.32 Å². The monoisotopic (exact) mass is 358 g/mol. The van der Waals surface area contributed by atoms with Crippen molar-refractivity contribution in [3.8, 4) is 11.1 Å². The first-order valence-electron chi connectivity index (χ1n) is 6.78. The van der Waals surface area contributed by atoms with E-state index in [1.54, 1.807) is 30.3 Å². The number of hydrogen-bond acceptors (Lipinski definition) is 3. The summed E-state index contributed by atoms with van der Waals surface area (Å²) >= 11 is 6.02. The predicted octanol–water partition coefficient (Wildman–Crippen LogP) is 3.84. The summed E-state index contributed by atoms with van der Waals surface area (Å²) in [7, 11) is 0. The largest absolute Gasteiger partial charge is 0.426 e. The summed E-state index contributed by atoms with van der Waals surface area (Å²) in [6, 6.07) is 11.3. The standard InChI is InChI=1S/C16H14ClF3N2O2/c1-15(24,16(18,19)20)14(23)22-13-7-4-10(8-12(13)17)9-2-5-11(21)6-3-9/h2-8,24H,21H2,1H3,(H,22,23)/t15-/m1/s1. The number of carbonyl (C=O) groups excluding carboxylic acids is 1. The smallest absolute Gasteiger partial charge is 0.399 e. The average molecular weight is 359 g/mol. The molecule has 0 aliphatic rings. The molecule has 0 spiro atoms. The van der Waals surface area contributed by atoms with E-state index < -0.39 is 17.7 Å². The maximum Gasteiger partial charge on any atom is 0.426 e. The molecule has 0 aliphatic carbocycles. The van der Waals surface area contributed by atoms with E-state index >= 15 is 0 Å². The second-order valence-corrected chi connectivity index (χ2v) is 5.75. The zero-order valence-electron chi connectivity index (χ0n) is 12.5. The average Bonchev–Trinajstić information content (AvgIpc) is 2.48. The minimum atomic E-state index is -5.10. The van der Waals surface area contributed by atoms with Crippen LogP contribution in [0.5, 0.6) is 0 Å². The molecule has 4 N–H and O–H groups in total. The Morgan fingerprint density at radius 2 is 1.67 bits per heavy atom. The van der Waals surface area contributed by atoms with Crippen molar-refractivity contribution in [2.24, 2.45) is 0 Å². The summed E-state index contributed by atoms with van der Waals surface area (Å²) in [6.45, 7) is 0.374. The molecule has 0 saturated carbocycles. The summed E-state index contributed by atoms with van der Waals surface area (Å²) < 4.78 is 38.0. The lowest BCUT2D eigenvalue weighted by molar-refractivity contribution is -0.242. The molecule has 0 heterocycles. The zero-order valence-corrected chi connectivity index (χ0v) is 13.2. The lowest BCUT2D eigenvalue weighted by Crippen LogP contribution is -2.52. The highest BCUT2D eigenvalue weighted by Crippen LogP contribution is 2.33. The van der Waals surface area contributed by atoms with Crippen LogP contribution in [0.4, 0.5) is 24.5 Å². The number of nitrogen functional groups attached to an aromatic ring is 1. The first kappa shape index (κ1) is 18.1. The van der Waals surface area contributed by atoms with Gasteiger partial charge in [0, 0.05) is 5.69 Å². The Bertz CT molecular complexity index is 759. The van der Waals surface area contributed by atoms with Crippen molar-refractivity contribution in [2.45, 2.75) is 18.7 Å². The van der Waals surface area contributed by atoms with Crippen LogP contribution in [-0.4, -0.2) is 22.8 Å². The molecule has 2 aromatic carbocycles. The van der Waals surface area contributed by atoms with Gasteiger partial charge in [0.05, 0.1) is 10.7 Å². The molecule has 0 fully saturated rings. The van der Waals surface area contributed by atoms with Crippen LogP contribution in [0.1, 0.15) is 6.92 Å². The SMILES string of the molecule is C[C@@](O)(C(=O)Nc1ccc(-c2ccc(N)cc2)cc1Cl)C(F)(F)F. The van der Waals surface area contributed by atoms with Gasteiger partial charge >= 0.3 is 6.18 Å². The van der Waals surface area contributed by atoms with Crippen molar-refractivity contribution in [2.75, 3.05) is 11.1 Å². The maximum atomic E-state index is 12.7. The molecule has 0 aromatic heterocycles. The lowest BCUT2D eigenvalue weighted by atomic mass is 10.0. The Balaban J connectivity index is 2.25. The van der Waals surface area contributed by atoms with Crippen molar-refractivity contribution in [1.29, 1.82) is 0 Å². The summed E-state index contributed by atoms with van der Waals surface area (Å²) in [5.74, 6) is -1.61. The molecule has 128 valence electrons. The number of carbonyl (C=O) groups is 1. The van der Waals surface area contributed by atoms with E-state index in [9.17, 15) is 23.1 Å². The lowest BCUT2D eigenvalue weighted by Gasteiger charge is -2.25. The molecule has 2 rings (SSSR count). The Hall–Kier alpha value is -2.25. The Labute approximate surface area is 141 Å². The van der Waals surface area contributed by atoms with Crippen molar-refractivity contribution >= 4 is 28.9 Å². The second-order valence-electron chi connectivity index (χ2n) is 5.34. The van der Waals surface area contributed by atoms with Crippen LogP contribution < -0.4 is 11.1 Å². The van der Waals surface area contributed by atoms with E-state index in [1.165, 1.54) is 12.1 Å². The number of halogens is 4. The van der Waals surface area contributed by atoms with Gasteiger partial charge in [0.15, 0.2) is 0 Å². The molecule has 1 atom stereocenters. The molecule has 0 unspecified atom stereocenters. The number of aliphatic hydroxyl groups is 1. The van der Waals surface area contributed by atoms with Crippen LogP contribution in [0.25, 0.3) is 11.1 Å². The Kier molecular flexibility index (Phi) is 4.77. The summed E-state index contributed by atoms with van der Waals surface area (Å²) in [4.78, 5) is 11.7. The highest BCUT2D eigenvalue weighted by molar-refractivity contribution is 6.34. The normalized spacial score (nSPS) is 14.1. The number of anilines is 2. The van der Waals surface area contributed by atoms with E-state index in [4.69, 9.17) is 17.3 Å². The van der Waals surface area contributed by atoms with Gasteiger partial charge in [-0.1, -0.05) is 29.8 Å². The summed E-state index contributed by atoms with van der Waals surface area (Å²) in [6.07, 6.45) is -5.10. The van der Waals surface area contributed by atoms with Crippen LogP contribution in [-0.2, 0) is 4.79 Å². The first-order chi connectivity index (χ1) is 11.0. The maximum absolute atomic E-state index is 12.7. The van der Waals surface area contributed by atoms with E-state index in [0.29, 0.717) is 18.2 Å². The van der Waals surface area contributed by atoms with Gasteiger partial charge in [-0.05, 0) is 42.3 Å². The molecule has 0 bridgehead atoms. The van der Waals surface area contributed by atoms with Crippen molar-refractivity contribution in [3.05, 3.63) is 47.5 Å². The number of hydrogen-bond donors (Lipinski definition) is 3. The number of amides is 1. The zero-order chi connectivity index (χ0) is 18.1. The van der Waals surface area contributed by atoms with Gasteiger partial charge in [-0.25, -0.2) is 0 Å². The number of nitrogens with one attached hydrogen (secondary N) is 1. The molecule has 2 aromatic rings. The molecule has 0 radical (unpaired) electrons. The quantitative estimate of drug-likeness (QED) is 0.730. The van der Waals surface area contributed by atoms with Crippen LogP contribution in [0.15, 0.2) is 42.5 Å². The molecule has 4 nitrogen and oxygen atoms in total. The van der Waals surface area contributed by atoms with Gasteiger partial charge < -0.3 is 16.2 Å². The molecular formula is C16H14ClF3N2O2. The Morgan fingerprint density at radius 3 is 2.17 bits per heavy atom. The molecule has 8 heteroatoms. The van der Waals surface area contributed by atoms with Gasteiger partial charge in [0.2, 0.25) is 5.60 Å². The molecule has 0 aliphatic heterocycles. The van der Waals surface area contributed by atoms with E-state index in [0.717, 1.165) is 5.56 Å². The first-order valence-corrected chi connectivity index (χ1v) is 7.16. The third-order valence-corrected chi connectivity index (χ3v) is 3.77. The predicted molar refractivity (Wildman–Crippen MR) is 86.6 cm³/mol. The third-order valence-electron chi connectivity index (χ3n) is 3.46. The number of nitrogens with two attached hydrogens (primary N) is 1. The fraction of sp³-hybridized carbons (Fsp3) is 0.188. The highest BCUT2D eigenvalue weighted by atomic mass is 35.5. The second kappa shape index (κ2) is 6.33. The number of benzene rings is 2. The summed E-state index contributed by atoms with van der Waals surface area (Å²) in [5.41, 5.74) is 4.12. The van der Waals surface area contributed by atoms with Crippen LogP contribution in [0.2, 0.25) is 5.02 Å². The fourth-order valence-electron chi connectivity index (χ4n) is 1.84. The van der Waals surface area contributed by atoms with Gasteiger partial charge in [-0.15, -0.1) is 0 Å². The van der Waals surface area contributed by atoms with Crippen molar-refractivity contribution < 1.29 is 23.1 Å². The van der Waals surface area contributed by atoms with Crippen LogP contribution in [0, 0.1) is 0 Å². The number of alkyl halides is 3. The topological polar surface area (TPSA) is 75.3 Å². The van der Waals surface area contributed by atoms with Crippen LogP contribution in [0.3, 0.4) is 0 Å². The van der Waals surface area contributed by atoms with Crippen molar-refractivity contribution in [1.82, 2.24) is 0 Å². The van der Waals surface area contributed by atoms with Gasteiger partial charge in [0.1, 0.15) is 0 Å². The fourth-order valence-corrected chi connectivity index (χ4v) is 2.07. The van der Waals surface area contributed by atoms with Gasteiger partial charge in [-0.3, -0.25) is 4.79 Å². The molecule has 1 amide bonds. The Morgan fingerprint density at radius 1 is 1.12 bits per heavy atom. The molecular weight excluding hydrogens is 345 g/mol. The molecule has 0 saturated heterocycles. The minimum absolute atomic E-state index is 0.0367. The number of rotatable bonds is 3. The van der Waals surface area contributed by atoms with E-state index in [2.05, 4.69) is 0 Å². The minimum Gasteiger partial charge on any atom is -0.399 e. The van der Waals surface area contributed by atoms with Crippen molar-refractivity contribution in [3.63, 3.8) is 0 Å². The molecule has 24 heavy (non-hydrogen) atoms. The summed E-state index contributed by atoms with van der Waals surface area (Å²) in [5, 5.41) is 11.4.